The predicted octanol–water partition coefficient (Wildman–Crippen LogP) is -0.0759. The predicted molar refractivity (Wildman–Crippen MR) is 49.9 cm³/mol. The van der Waals surface area contributed by atoms with Gasteiger partial charge in [-0.3, -0.25) is 9.59 Å². The first kappa shape index (κ1) is 8.87. The Hall–Kier alpha value is -0.710. The summed E-state index contributed by atoms with van der Waals surface area (Å²) in [5, 5.41) is 0.181. The first-order valence-corrected chi connectivity index (χ1v) is 5.10. The lowest BCUT2D eigenvalue weighted by Gasteiger charge is -2.37. The number of hydrogen-bond donors (Lipinski definition) is 1. The zero-order chi connectivity index (χ0) is 9.80. The average molecular weight is 200 g/mol. The van der Waals surface area contributed by atoms with Crippen LogP contribution in [0, 0.1) is 0 Å². The molecule has 0 aromatic heterocycles. The number of rotatable bonds is 1. The van der Waals surface area contributed by atoms with Gasteiger partial charge < -0.3 is 10.6 Å². The summed E-state index contributed by atoms with van der Waals surface area (Å²) in [6, 6.07) is -0.427. The van der Waals surface area contributed by atoms with Crippen LogP contribution in [0.5, 0.6) is 0 Å². The second kappa shape index (κ2) is 2.41. The summed E-state index contributed by atoms with van der Waals surface area (Å²) >= 11 is 1.66. The van der Waals surface area contributed by atoms with Crippen molar-refractivity contribution in [1.82, 2.24) is 4.90 Å². The van der Waals surface area contributed by atoms with Crippen molar-refractivity contribution >= 4 is 23.6 Å². The lowest BCUT2D eigenvalue weighted by molar-refractivity contribution is -0.148. The Bertz CT molecular complexity index is 290. The van der Waals surface area contributed by atoms with Crippen molar-refractivity contribution in [2.24, 2.45) is 5.73 Å². The van der Waals surface area contributed by atoms with Gasteiger partial charge in [-0.05, 0) is 13.8 Å². The quantitative estimate of drug-likeness (QED) is 0.602. The molecule has 2 rings (SSSR count). The smallest absolute Gasteiger partial charge is 0.241 e. The molecule has 72 valence electrons. The zero-order valence-electron chi connectivity index (χ0n) is 7.61. The highest BCUT2D eigenvalue weighted by Crippen LogP contribution is 2.50. The standard InChI is InChI=1S/C8H12N2O2S/c1-8(2)6(7(9)12)10-4(11)3-5(10)13-8/h5-6H,3H2,1-2H3,(H2,9,12)/t5-,6+/m1/s1. The summed E-state index contributed by atoms with van der Waals surface area (Å²) < 4.78 is -0.233. The molecule has 0 aromatic rings. The number of nitrogens with zero attached hydrogens (tertiary/aromatic N) is 1. The van der Waals surface area contributed by atoms with Crippen molar-refractivity contribution in [2.75, 3.05) is 0 Å². The highest BCUT2D eigenvalue weighted by molar-refractivity contribution is 8.01. The maximum absolute atomic E-state index is 11.2. The Morgan fingerprint density at radius 1 is 1.69 bits per heavy atom. The molecule has 2 aliphatic heterocycles. The third-order valence-electron chi connectivity index (χ3n) is 2.59. The fourth-order valence-electron chi connectivity index (χ4n) is 2.04. The lowest BCUT2D eigenvalue weighted by Crippen LogP contribution is -2.58. The van der Waals surface area contributed by atoms with Crippen LogP contribution in [0.4, 0.5) is 0 Å². The van der Waals surface area contributed by atoms with Crippen LogP contribution < -0.4 is 5.73 Å². The Morgan fingerprint density at radius 3 is 2.69 bits per heavy atom. The van der Waals surface area contributed by atoms with E-state index in [4.69, 9.17) is 5.73 Å². The molecule has 2 N–H and O–H groups in total. The Kier molecular flexibility index (Phi) is 1.64. The van der Waals surface area contributed by atoms with Gasteiger partial charge in [0.25, 0.3) is 0 Å². The Balaban J connectivity index is 2.30. The van der Waals surface area contributed by atoms with Crippen LogP contribution in [-0.4, -0.2) is 32.9 Å². The van der Waals surface area contributed by atoms with E-state index in [9.17, 15) is 9.59 Å². The van der Waals surface area contributed by atoms with Gasteiger partial charge in [-0.25, -0.2) is 0 Å². The van der Waals surface area contributed by atoms with Crippen LogP contribution in [0.15, 0.2) is 0 Å². The molecule has 13 heavy (non-hydrogen) atoms. The van der Waals surface area contributed by atoms with E-state index < -0.39 is 11.9 Å². The molecule has 0 aromatic carbocycles. The van der Waals surface area contributed by atoms with Crippen LogP contribution in [0.1, 0.15) is 20.3 Å². The largest absolute Gasteiger partial charge is 0.368 e. The maximum Gasteiger partial charge on any atom is 0.241 e. The first-order valence-electron chi connectivity index (χ1n) is 4.22. The summed E-state index contributed by atoms with van der Waals surface area (Å²) in [5.41, 5.74) is 5.28. The van der Waals surface area contributed by atoms with Crippen molar-refractivity contribution < 1.29 is 9.59 Å². The van der Waals surface area contributed by atoms with Gasteiger partial charge in [0.1, 0.15) is 6.04 Å². The monoisotopic (exact) mass is 200 g/mol. The van der Waals surface area contributed by atoms with Gasteiger partial charge in [0.05, 0.1) is 11.8 Å². The van der Waals surface area contributed by atoms with E-state index >= 15 is 0 Å². The highest BCUT2D eigenvalue weighted by Gasteiger charge is 2.57. The molecular formula is C8H12N2O2S. The molecule has 2 fully saturated rings. The van der Waals surface area contributed by atoms with Crippen molar-refractivity contribution in [3.63, 3.8) is 0 Å². The molecule has 5 heteroatoms. The molecule has 2 atom stereocenters. The van der Waals surface area contributed by atoms with Gasteiger partial charge in [-0.15, -0.1) is 11.8 Å². The molecule has 2 saturated heterocycles. The fourth-order valence-corrected chi connectivity index (χ4v) is 3.68. The number of thioether (sulfide) groups is 1. The molecule has 0 unspecified atom stereocenters. The number of fused-ring (bicyclic) bond motifs is 1. The lowest BCUT2D eigenvalue weighted by atomic mass is 9.98. The second-order valence-electron chi connectivity index (χ2n) is 3.99. The highest BCUT2D eigenvalue weighted by atomic mass is 32.2. The first-order chi connectivity index (χ1) is 5.93. The molecule has 0 saturated carbocycles. The third kappa shape index (κ3) is 1.06. The minimum Gasteiger partial charge on any atom is -0.368 e. The number of hydrogen-bond acceptors (Lipinski definition) is 3. The number of amides is 2. The van der Waals surface area contributed by atoms with Gasteiger partial charge in [0, 0.05) is 4.75 Å². The van der Waals surface area contributed by atoms with Crippen molar-refractivity contribution in [3.05, 3.63) is 0 Å². The van der Waals surface area contributed by atoms with E-state index in [2.05, 4.69) is 0 Å². The van der Waals surface area contributed by atoms with Crippen LogP contribution in [-0.2, 0) is 9.59 Å². The summed E-state index contributed by atoms with van der Waals surface area (Å²) in [5.74, 6) is -0.347. The van der Waals surface area contributed by atoms with Crippen molar-refractivity contribution in [1.29, 1.82) is 0 Å². The number of carbonyl (C=O) groups is 2. The van der Waals surface area contributed by atoms with Crippen LogP contribution in [0.25, 0.3) is 0 Å². The van der Waals surface area contributed by atoms with Gasteiger partial charge in [0.2, 0.25) is 11.8 Å². The molecule has 0 aliphatic carbocycles. The van der Waals surface area contributed by atoms with E-state index in [0.29, 0.717) is 6.42 Å². The summed E-state index contributed by atoms with van der Waals surface area (Å²) in [6.45, 7) is 3.91. The van der Waals surface area contributed by atoms with E-state index in [1.54, 1.807) is 16.7 Å². The SMILES string of the molecule is CC1(C)S[C@@H]2CC(=O)N2[C@H]1C(N)=O. The molecule has 2 aliphatic rings. The van der Waals surface area contributed by atoms with Crippen LogP contribution in [0.2, 0.25) is 0 Å². The van der Waals surface area contributed by atoms with Gasteiger partial charge in [0.15, 0.2) is 0 Å². The van der Waals surface area contributed by atoms with Gasteiger partial charge in [-0.2, -0.15) is 0 Å². The number of β-lactam (4-membered cyclic amide) rings is 1. The third-order valence-corrected chi connectivity index (χ3v) is 4.09. The molecule has 0 radical (unpaired) electrons. The topological polar surface area (TPSA) is 63.4 Å². The Labute approximate surface area is 80.8 Å². The summed E-state index contributed by atoms with van der Waals surface area (Å²) in [7, 11) is 0. The fraction of sp³-hybridized carbons (Fsp3) is 0.750. The second-order valence-corrected chi connectivity index (χ2v) is 5.82. The average Bonchev–Trinajstić information content (AvgIpc) is 2.18. The molecular weight excluding hydrogens is 188 g/mol. The Morgan fingerprint density at radius 2 is 2.31 bits per heavy atom. The zero-order valence-corrected chi connectivity index (χ0v) is 8.43. The van der Waals surface area contributed by atoms with Gasteiger partial charge >= 0.3 is 0 Å². The number of carbonyl (C=O) groups excluding carboxylic acids is 2. The van der Waals surface area contributed by atoms with Crippen molar-refractivity contribution in [2.45, 2.75) is 36.4 Å². The van der Waals surface area contributed by atoms with E-state index in [1.165, 1.54) is 0 Å². The number of nitrogens with two attached hydrogens (primary N) is 1. The molecule has 4 nitrogen and oxygen atoms in total. The van der Waals surface area contributed by atoms with Crippen LogP contribution >= 0.6 is 11.8 Å². The minimum atomic E-state index is -0.427. The van der Waals surface area contributed by atoms with Gasteiger partial charge in [-0.1, -0.05) is 0 Å². The van der Waals surface area contributed by atoms with Crippen LogP contribution in [0.3, 0.4) is 0 Å². The normalized spacial score (nSPS) is 35.5. The summed E-state index contributed by atoms with van der Waals surface area (Å²) in [6.07, 6.45) is 0.553. The molecule has 2 amide bonds. The number of primary amides is 1. The molecule has 2 heterocycles. The van der Waals surface area contributed by atoms with Crippen molar-refractivity contribution in [3.8, 4) is 0 Å². The van der Waals surface area contributed by atoms with E-state index in [0.717, 1.165) is 0 Å². The van der Waals surface area contributed by atoms with E-state index in [-0.39, 0.29) is 16.0 Å². The summed E-state index contributed by atoms with van der Waals surface area (Å²) in [4.78, 5) is 24.0. The molecule has 0 spiro atoms. The van der Waals surface area contributed by atoms with E-state index in [1.807, 2.05) is 13.8 Å². The molecule has 0 bridgehead atoms. The minimum absolute atomic E-state index is 0.0480. The maximum atomic E-state index is 11.2.